The number of thioether (sulfide) groups is 1. The quantitative estimate of drug-likeness (QED) is 0.800. The largest absolute Gasteiger partial charge is 0.496 e. The van der Waals surface area contributed by atoms with Crippen LogP contribution in [0.15, 0.2) is 42.5 Å². The molecule has 0 saturated carbocycles. The van der Waals surface area contributed by atoms with Crippen molar-refractivity contribution in [2.24, 2.45) is 0 Å². The molecule has 6 heteroatoms. The molecular formula is C18H18ClNO3S. The highest BCUT2D eigenvalue weighted by atomic mass is 35.5. The van der Waals surface area contributed by atoms with Crippen molar-refractivity contribution in [1.29, 1.82) is 0 Å². The summed E-state index contributed by atoms with van der Waals surface area (Å²) in [6.45, 7) is 0.456. The Labute approximate surface area is 150 Å². The minimum Gasteiger partial charge on any atom is -0.496 e. The number of hydrogen-bond donors (Lipinski definition) is 0. The predicted molar refractivity (Wildman–Crippen MR) is 96.7 cm³/mol. The number of carbonyl (C=O) groups is 1. The van der Waals surface area contributed by atoms with Gasteiger partial charge in [-0.15, -0.1) is 11.8 Å². The van der Waals surface area contributed by atoms with Crippen LogP contribution >= 0.6 is 23.4 Å². The van der Waals surface area contributed by atoms with E-state index in [9.17, 15) is 4.79 Å². The van der Waals surface area contributed by atoms with E-state index in [1.165, 1.54) is 0 Å². The average molecular weight is 364 g/mol. The van der Waals surface area contributed by atoms with Crippen molar-refractivity contribution in [1.82, 2.24) is 4.90 Å². The van der Waals surface area contributed by atoms with Crippen LogP contribution in [0.4, 0.5) is 0 Å². The second-order valence-electron chi connectivity index (χ2n) is 5.35. The molecule has 0 radical (unpaired) electrons. The van der Waals surface area contributed by atoms with Gasteiger partial charge in [0.2, 0.25) is 5.91 Å². The van der Waals surface area contributed by atoms with E-state index >= 15 is 0 Å². The molecule has 24 heavy (non-hydrogen) atoms. The molecule has 2 aromatic rings. The number of nitrogens with zero attached hydrogens (tertiary/aromatic N) is 1. The second kappa shape index (κ2) is 7.36. The lowest BCUT2D eigenvalue weighted by Crippen LogP contribution is -2.28. The third-order valence-electron chi connectivity index (χ3n) is 3.98. The Bertz CT molecular complexity index is 731. The Morgan fingerprint density at radius 3 is 2.42 bits per heavy atom. The molecule has 1 fully saturated rings. The number of halogens is 1. The summed E-state index contributed by atoms with van der Waals surface area (Å²) in [7, 11) is 3.25. The zero-order valence-electron chi connectivity index (χ0n) is 13.5. The fourth-order valence-corrected chi connectivity index (χ4v) is 4.23. The summed E-state index contributed by atoms with van der Waals surface area (Å²) in [6.07, 6.45) is 0. The maximum absolute atomic E-state index is 12.5. The Morgan fingerprint density at radius 1 is 1.12 bits per heavy atom. The molecule has 1 aliphatic heterocycles. The van der Waals surface area contributed by atoms with Crippen LogP contribution in [0, 0.1) is 0 Å². The maximum atomic E-state index is 12.5. The van der Waals surface area contributed by atoms with Crippen LogP contribution in [0.25, 0.3) is 0 Å². The third-order valence-corrected chi connectivity index (χ3v) is 5.57. The first-order chi connectivity index (χ1) is 11.7. The fourth-order valence-electron chi connectivity index (χ4n) is 2.80. The summed E-state index contributed by atoms with van der Waals surface area (Å²) >= 11 is 7.84. The van der Waals surface area contributed by atoms with Crippen LogP contribution in [-0.4, -0.2) is 30.8 Å². The molecule has 1 atom stereocenters. The Balaban J connectivity index is 1.98. The van der Waals surface area contributed by atoms with Gasteiger partial charge in [-0.2, -0.15) is 0 Å². The van der Waals surface area contributed by atoms with Gasteiger partial charge < -0.3 is 14.4 Å². The molecule has 0 spiro atoms. The van der Waals surface area contributed by atoms with Gasteiger partial charge in [0.15, 0.2) is 0 Å². The van der Waals surface area contributed by atoms with Gasteiger partial charge in [0.05, 0.1) is 25.5 Å². The number of amides is 1. The standard InChI is InChI=1S/C18H18ClNO3S/c1-22-14-8-5-9-15(23-2)17(14)18-20(16(21)11-24-18)10-12-6-3-4-7-13(12)19/h3-9,18H,10-11H2,1-2H3. The molecule has 2 aromatic carbocycles. The van der Waals surface area contributed by atoms with Crippen LogP contribution < -0.4 is 9.47 Å². The number of carbonyl (C=O) groups excluding carboxylic acids is 1. The number of ether oxygens (including phenoxy) is 2. The van der Waals surface area contributed by atoms with Gasteiger partial charge in [-0.3, -0.25) is 4.79 Å². The molecule has 3 rings (SSSR count). The molecule has 1 saturated heterocycles. The molecule has 4 nitrogen and oxygen atoms in total. The molecule has 1 amide bonds. The van der Waals surface area contributed by atoms with Crippen molar-refractivity contribution in [2.75, 3.05) is 20.0 Å². The minimum atomic E-state index is -0.167. The first kappa shape index (κ1) is 17.0. The van der Waals surface area contributed by atoms with E-state index < -0.39 is 0 Å². The number of benzene rings is 2. The van der Waals surface area contributed by atoms with E-state index in [1.807, 2.05) is 47.4 Å². The fraction of sp³-hybridized carbons (Fsp3) is 0.278. The predicted octanol–water partition coefficient (Wildman–Crippen LogP) is 4.13. The lowest BCUT2D eigenvalue weighted by atomic mass is 10.1. The highest BCUT2D eigenvalue weighted by molar-refractivity contribution is 8.00. The lowest BCUT2D eigenvalue weighted by molar-refractivity contribution is -0.128. The molecule has 0 aliphatic carbocycles. The van der Waals surface area contributed by atoms with Gasteiger partial charge in [0.1, 0.15) is 16.9 Å². The number of methoxy groups -OCH3 is 2. The SMILES string of the molecule is COc1cccc(OC)c1C1SCC(=O)N1Cc1ccccc1Cl. The van der Waals surface area contributed by atoms with Gasteiger partial charge in [-0.25, -0.2) is 0 Å². The Hall–Kier alpha value is -1.85. The molecule has 0 aromatic heterocycles. The molecule has 1 unspecified atom stereocenters. The Morgan fingerprint density at radius 2 is 1.79 bits per heavy atom. The minimum absolute atomic E-state index is 0.0814. The van der Waals surface area contributed by atoms with Crippen LogP contribution in [0.3, 0.4) is 0 Å². The second-order valence-corrected chi connectivity index (χ2v) is 6.83. The van der Waals surface area contributed by atoms with Gasteiger partial charge in [0, 0.05) is 11.6 Å². The third kappa shape index (κ3) is 3.19. The van der Waals surface area contributed by atoms with E-state index in [0.29, 0.717) is 28.8 Å². The van der Waals surface area contributed by atoms with Gasteiger partial charge >= 0.3 is 0 Å². The van der Waals surface area contributed by atoms with E-state index in [4.69, 9.17) is 21.1 Å². The van der Waals surface area contributed by atoms with Crippen molar-refractivity contribution in [3.63, 3.8) is 0 Å². The van der Waals surface area contributed by atoms with Crippen molar-refractivity contribution in [2.45, 2.75) is 11.9 Å². The van der Waals surface area contributed by atoms with Gasteiger partial charge in [-0.05, 0) is 23.8 Å². The van der Waals surface area contributed by atoms with E-state index in [1.54, 1.807) is 26.0 Å². The van der Waals surface area contributed by atoms with E-state index in [0.717, 1.165) is 11.1 Å². The zero-order valence-corrected chi connectivity index (χ0v) is 15.1. The monoisotopic (exact) mass is 363 g/mol. The number of rotatable bonds is 5. The lowest BCUT2D eigenvalue weighted by Gasteiger charge is -2.27. The normalized spacial score (nSPS) is 17.2. The molecule has 126 valence electrons. The average Bonchev–Trinajstić information content (AvgIpc) is 2.96. The molecule has 1 heterocycles. The van der Waals surface area contributed by atoms with Gasteiger partial charge in [0.25, 0.3) is 0 Å². The highest BCUT2D eigenvalue weighted by Crippen LogP contribution is 2.47. The summed E-state index contributed by atoms with van der Waals surface area (Å²) in [4.78, 5) is 14.3. The van der Waals surface area contributed by atoms with Gasteiger partial charge in [-0.1, -0.05) is 35.9 Å². The maximum Gasteiger partial charge on any atom is 0.234 e. The molecule has 1 aliphatic rings. The summed E-state index contributed by atoms with van der Waals surface area (Å²) in [6, 6.07) is 13.2. The smallest absolute Gasteiger partial charge is 0.234 e. The topological polar surface area (TPSA) is 38.8 Å². The van der Waals surface area contributed by atoms with E-state index in [-0.39, 0.29) is 11.3 Å². The number of hydrogen-bond acceptors (Lipinski definition) is 4. The van der Waals surface area contributed by atoms with Crippen molar-refractivity contribution in [3.05, 3.63) is 58.6 Å². The van der Waals surface area contributed by atoms with Crippen molar-refractivity contribution < 1.29 is 14.3 Å². The zero-order chi connectivity index (χ0) is 17.1. The summed E-state index contributed by atoms with van der Waals surface area (Å²) in [5.41, 5.74) is 1.80. The highest BCUT2D eigenvalue weighted by Gasteiger charge is 2.36. The van der Waals surface area contributed by atoms with Crippen LogP contribution in [-0.2, 0) is 11.3 Å². The van der Waals surface area contributed by atoms with Crippen LogP contribution in [0.1, 0.15) is 16.5 Å². The van der Waals surface area contributed by atoms with Crippen LogP contribution in [0.5, 0.6) is 11.5 Å². The summed E-state index contributed by atoms with van der Waals surface area (Å²) in [5.74, 6) is 1.94. The summed E-state index contributed by atoms with van der Waals surface area (Å²) < 4.78 is 11.0. The Kier molecular flexibility index (Phi) is 5.21. The van der Waals surface area contributed by atoms with Crippen LogP contribution in [0.2, 0.25) is 5.02 Å². The molecule has 0 bridgehead atoms. The summed E-state index contributed by atoms with van der Waals surface area (Å²) in [5, 5.41) is 0.493. The van der Waals surface area contributed by atoms with E-state index in [2.05, 4.69) is 0 Å². The van der Waals surface area contributed by atoms with Crippen molar-refractivity contribution >= 4 is 29.3 Å². The van der Waals surface area contributed by atoms with Crippen molar-refractivity contribution in [3.8, 4) is 11.5 Å². The first-order valence-corrected chi connectivity index (χ1v) is 8.93. The molecule has 0 N–H and O–H groups in total. The first-order valence-electron chi connectivity index (χ1n) is 7.51. The molecular weight excluding hydrogens is 346 g/mol.